The smallest absolute Gasteiger partial charge is 0.347 e. The second kappa shape index (κ2) is 12.0. The van der Waals surface area contributed by atoms with Crippen molar-refractivity contribution in [2.45, 2.75) is 12.5 Å². The van der Waals surface area contributed by atoms with E-state index in [9.17, 15) is 9.59 Å². The number of para-hydroxylation sites is 1. The number of amides is 1. The summed E-state index contributed by atoms with van der Waals surface area (Å²) < 4.78 is 28.8. The Morgan fingerprint density at radius 3 is 2.17 bits per heavy atom. The molecular weight excluding hydrogens is 596 g/mol. The van der Waals surface area contributed by atoms with E-state index >= 15 is 0 Å². The van der Waals surface area contributed by atoms with Gasteiger partial charge in [-0.05, 0) is 79.2 Å². The van der Waals surface area contributed by atoms with Crippen LogP contribution in [0.2, 0.25) is 0 Å². The van der Waals surface area contributed by atoms with Crippen LogP contribution in [0.4, 0.5) is 0 Å². The van der Waals surface area contributed by atoms with E-state index in [0.717, 1.165) is 11.1 Å². The van der Waals surface area contributed by atoms with Crippen LogP contribution in [0.25, 0.3) is 0 Å². The van der Waals surface area contributed by atoms with Gasteiger partial charge in [0.25, 0.3) is 5.91 Å². The zero-order chi connectivity index (χ0) is 32.5. The Bertz CT molecular complexity index is 2040. The van der Waals surface area contributed by atoms with E-state index in [4.69, 9.17) is 28.8 Å². The highest BCUT2D eigenvalue weighted by Crippen LogP contribution is 2.58. The number of carbonyl (C=O) groups is 2. The number of hydrazone groups is 1. The normalized spacial score (nSPS) is 15.9. The summed E-state index contributed by atoms with van der Waals surface area (Å²) in [6.45, 7) is 2.37. The first kappa shape index (κ1) is 29.6. The molecule has 5 aromatic rings. The van der Waals surface area contributed by atoms with Crippen molar-refractivity contribution >= 4 is 18.1 Å². The van der Waals surface area contributed by atoms with Crippen molar-refractivity contribution in [3.8, 4) is 34.5 Å². The van der Waals surface area contributed by atoms with Crippen molar-refractivity contribution in [3.63, 3.8) is 0 Å². The number of esters is 1. The first-order chi connectivity index (χ1) is 23.0. The van der Waals surface area contributed by atoms with Crippen LogP contribution in [-0.4, -0.2) is 43.9 Å². The molecule has 1 spiro atoms. The average Bonchev–Trinajstić information content (AvgIpc) is 3.35. The van der Waals surface area contributed by atoms with Gasteiger partial charge in [-0.15, -0.1) is 0 Å². The Balaban J connectivity index is 1.40. The number of ether oxygens (including phenoxy) is 5. The lowest BCUT2D eigenvalue weighted by molar-refractivity contribution is 0.0675. The zero-order valence-electron chi connectivity index (χ0n) is 25.9. The molecule has 0 bridgehead atoms. The lowest BCUT2D eigenvalue weighted by Gasteiger charge is -2.41. The van der Waals surface area contributed by atoms with Gasteiger partial charge in [-0.3, -0.25) is 4.79 Å². The minimum absolute atomic E-state index is 0.255. The minimum Gasteiger partial charge on any atom is -0.497 e. The monoisotopic (exact) mass is 626 g/mol. The van der Waals surface area contributed by atoms with Gasteiger partial charge in [-0.1, -0.05) is 30.3 Å². The van der Waals surface area contributed by atoms with Crippen molar-refractivity contribution < 1.29 is 33.3 Å². The molecule has 1 unspecified atom stereocenters. The largest absolute Gasteiger partial charge is 0.497 e. The first-order valence-electron chi connectivity index (χ1n) is 15.0. The number of hydrogen-bond donors (Lipinski definition) is 0. The summed E-state index contributed by atoms with van der Waals surface area (Å²) in [5.41, 5.74) is 2.46. The Kier molecular flexibility index (Phi) is 7.57. The molecule has 9 nitrogen and oxygen atoms in total. The highest BCUT2D eigenvalue weighted by molar-refractivity contribution is 6.03. The quantitative estimate of drug-likeness (QED) is 0.102. The van der Waals surface area contributed by atoms with E-state index in [1.807, 2.05) is 67.6 Å². The maximum absolute atomic E-state index is 14.3. The van der Waals surface area contributed by atoms with Crippen LogP contribution in [-0.2, 0) is 5.54 Å². The van der Waals surface area contributed by atoms with E-state index in [1.165, 1.54) is 12.1 Å². The summed E-state index contributed by atoms with van der Waals surface area (Å²) >= 11 is 0. The lowest BCUT2D eigenvalue weighted by Crippen LogP contribution is -2.44. The van der Waals surface area contributed by atoms with Gasteiger partial charge < -0.3 is 23.7 Å². The Morgan fingerprint density at radius 1 is 0.787 bits per heavy atom. The zero-order valence-corrected chi connectivity index (χ0v) is 25.9. The number of hydrogen-bond acceptors (Lipinski definition) is 8. The molecule has 2 heterocycles. The molecule has 47 heavy (non-hydrogen) atoms. The third kappa shape index (κ3) is 4.93. The van der Waals surface area contributed by atoms with Gasteiger partial charge in [0.05, 0.1) is 27.0 Å². The van der Waals surface area contributed by atoms with Crippen LogP contribution >= 0.6 is 0 Å². The molecule has 0 aliphatic carbocycles. The summed E-state index contributed by atoms with van der Waals surface area (Å²) in [6, 6.07) is 32.4. The molecule has 0 fully saturated rings. The van der Waals surface area contributed by atoms with Crippen molar-refractivity contribution in [2.75, 3.05) is 20.8 Å². The lowest BCUT2D eigenvalue weighted by atomic mass is 9.75. The SMILES string of the molecule is CCOc1ccc2c(c1)Oc1cc(OC(=O)c3ccccc3OC)ccc1C21c2ccccc2C(=O)N1/N=C/c1ccc(OC)cc1. The minimum atomic E-state index is -1.21. The van der Waals surface area contributed by atoms with Gasteiger partial charge in [0.2, 0.25) is 0 Å². The van der Waals surface area contributed by atoms with Crippen LogP contribution in [0.15, 0.2) is 114 Å². The molecule has 5 aromatic carbocycles. The number of nitrogens with zero attached hydrogens (tertiary/aromatic N) is 2. The van der Waals surface area contributed by atoms with Gasteiger partial charge in [0, 0.05) is 34.4 Å². The fraction of sp³-hybridized carbons (Fsp3) is 0.132. The predicted octanol–water partition coefficient (Wildman–Crippen LogP) is 7.21. The van der Waals surface area contributed by atoms with Crippen molar-refractivity contribution in [2.24, 2.45) is 5.10 Å². The van der Waals surface area contributed by atoms with Crippen LogP contribution < -0.4 is 23.7 Å². The van der Waals surface area contributed by atoms with Crippen LogP contribution in [0.5, 0.6) is 34.5 Å². The Hall–Kier alpha value is -6.09. The van der Waals surface area contributed by atoms with Gasteiger partial charge in [-0.2, -0.15) is 5.10 Å². The molecule has 7 rings (SSSR count). The first-order valence-corrected chi connectivity index (χ1v) is 15.0. The van der Waals surface area contributed by atoms with Crippen molar-refractivity contribution in [3.05, 3.63) is 143 Å². The number of carbonyl (C=O) groups excluding carboxylic acids is 2. The highest BCUT2D eigenvalue weighted by atomic mass is 16.5. The number of rotatable bonds is 8. The molecule has 1 atom stereocenters. The molecule has 1 amide bonds. The third-order valence-corrected chi connectivity index (χ3v) is 8.25. The van der Waals surface area contributed by atoms with E-state index < -0.39 is 11.5 Å². The standard InChI is InChI=1S/C38H30N2O7/c1-4-45-26-17-19-31-34(21-26)47-35-22-27(46-37(42)29-10-6-8-12-33(29)44-3)18-20-32(35)38(31)30-11-7-5-9-28(30)36(41)40(38)39-23-24-13-15-25(43-2)16-14-24/h5-23H,4H2,1-3H3/b39-23+. The highest BCUT2D eigenvalue weighted by Gasteiger charge is 2.57. The van der Waals surface area contributed by atoms with Gasteiger partial charge in [0.1, 0.15) is 45.6 Å². The predicted molar refractivity (Wildman–Crippen MR) is 175 cm³/mol. The summed E-state index contributed by atoms with van der Waals surface area (Å²) in [4.78, 5) is 27.5. The molecular formula is C38H30N2O7. The second-order valence-corrected chi connectivity index (χ2v) is 10.8. The third-order valence-electron chi connectivity index (χ3n) is 8.25. The van der Waals surface area contributed by atoms with Gasteiger partial charge in [0.15, 0.2) is 0 Å². The molecule has 9 heteroatoms. The maximum atomic E-state index is 14.3. The summed E-state index contributed by atoms with van der Waals surface area (Å²) in [5.74, 6) is 1.98. The topological polar surface area (TPSA) is 95.9 Å². The number of fused-ring (bicyclic) bond motifs is 6. The molecule has 0 radical (unpaired) electrons. The number of methoxy groups -OCH3 is 2. The fourth-order valence-corrected chi connectivity index (χ4v) is 6.17. The number of benzene rings is 5. The fourth-order valence-electron chi connectivity index (χ4n) is 6.17. The van der Waals surface area contributed by atoms with Crippen LogP contribution in [0.1, 0.15) is 49.9 Å². The molecule has 2 aliphatic heterocycles. The molecule has 0 saturated heterocycles. The summed E-state index contributed by atoms with van der Waals surface area (Å²) in [6.07, 6.45) is 1.65. The van der Waals surface area contributed by atoms with Crippen LogP contribution in [0, 0.1) is 0 Å². The van der Waals surface area contributed by atoms with Gasteiger partial charge >= 0.3 is 5.97 Å². The van der Waals surface area contributed by atoms with Crippen molar-refractivity contribution in [1.29, 1.82) is 0 Å². The second-order valence-electron chi connectivity index (χ2n) is 10.8. The van der Waals surface area contributed by atoms with Crippen LogP contribution in [0.3, 0.4) is 0 Å². The maximum Gasteiger partial charge on any atom is 0.347 e. The molecule has 0 aromatic heterocycles. The van der Waals surface area contributed by atoms with E-state index in [2.05, 4.69) is 0 Å². The Labute approximate surface area is 271 Å². The summed E-state index contributed by atoms with van der Waals surface area (Å²) in [7, 11) is 3.10. The summed E-state index contributed by atoms with van der Waals surface area (Å²) in [5, 5.41) is 6.34. The molecule has 234 valence electrons. The van der Waals surface area contributed by atoms with E-state index in [-0.39, 0.29) is 17.2 Å². The molecule has 2 aliphatic rings. The Morgan fingerprint density at radius 2 is 1.45 bits per heavy atom. The molecule has 0 N–H and O–H groups in total. The van der Waals surface area contributed by atoms with E-state index in [0.29, 0.717) is 52.0 Å². The molecule has 0 saturated carbocycles. The average molecular weight is 627 g/mol. The van der Waals surface area contributed by atoms with Crippen molar-refractivity contribution in [1.82, 2.24) is 5.01 Å². The van der Waals surface area contributed by atoms with Gasteiger partial charge in [-0.25, -0.2) is 9.80 Å². The van der Waals surface area contributed by atoms with E-state index in [1.54, 1.807) is 61.9 Å².